The van der Waals surface area contributed by atoms with Crippen LogP contribution in [0.3, 0.4) is 0 Å². The highest BCUT2D eigenvalue weighted by Gasteiger charge is 2.47. The van der Waals surface area contributed by atoms with E-state index in [2.05, 4.69) is 128 Å². The second-order valence-electron chi connectivity index (χ2n) is 8.29. The number of benzene rings is 3. The van der Waals surface area contributed by atoms with Crippen LogP contribution in [0.2, 0.25) is 0 Å². The summed E-state index contributed by atoms with van der Waals surface area (Å²) in [5.74, 6) is 0.391. The van der Waals surface area contributed by atoms with Gasteiger partial charge in [0.2, 0.25) is 0 Å². The van der Waals surface area contributed by atoms with E-state index in [-0.39, 0.29) is 18.2 Å². The lowest BCUT2D eigenvalue weighted by molar-refractivity contribution is 0.153. The number of hydrogen-bond acceptors (Lipinski definition) is 3. The summed E-state index contributed by atoms with van der Waals surface area (Å²) in [7, 11) is 3.50. The van der Waals surface area contributed by atoms with Gasteiger partial charge in [0, 0.05) is 0 Å². The van der Waals surface area contributed by atoms with E-state index in [4.69, 9.17) is 4.52 Å². The summed E-state index contributed by atoms with van der Waals surface area (Å²) in [6.45, 7) is 4.48. The van der Waals surface area contributed by atoms with E-state index in [1.807, 2.05) is 0 Å². The Labute approximate surface area is 182 Å². The van der Waals surface area contributed by atoms with Gasteiger partial charge in [0.25, 0.3) is 0 Å². The van der Waals surface area contributed by atoms with Gasteiger partial charge >= 0.3 is 0 Å². The number of hydrogen-bond donors (Lipinski definition) is 0. The summed E-state index contributed by atoms with van der Waals surface area (Å²) in [6, 6.07) is 32.8. The van der Waals surface area contributed by atoms with E-state index >= 15 is 0 Å². The van der Waals surface area contributed by atoms with Gasteiger partial charge in [-0.15, -0.1) is 0 Å². The van der Waals surface area contributed by atoms with Crippen LogP contribution >= 0.6 is 8.45 Å². The maximum absolute atomic E-state index is 6.90. The second kappa shape index (κ2) is 9.41. The molecule has 1 aliphatic rings. The second-order valence-corrected chi connectivity index (χ2v) is 10.3. The molecule has 3 aromatic rings. The molecule has 3 atom stereocenters. The van der Waals surface area contributed by atoms with Gasteiger partial charge in [-0.25, -0.2) is 9.34 Å². The lowest BCUT2D eigenvalue weighted by atomic mass is 9.93. The largest absolute Gasteiger partial charge is 0.323 e. The molecule has 30 heavy (non-hydrogen) atoms. The van der Waals surface area contributed by atoms with Gasteiger partial charge in [-0.05, 0) is 36.7 Å². The number of nitrogens with zero attached hydrogens (tertiary/aromatic N) is 2. The molecular formula is C26H31N2OP. The van der Waals surface area contributed by atoms with Crippen LogP contribution in [0.25, 0.3) is 0 Å². The summed E-state index contributed by atoms with van der Waals surface area (Å²) < 4.78 is 11.8. The fourth-order valence-corrected chi connectivity index (χ4v) is 6.66. The zero-order valence-electron chi connectivity index (χ0n) is 18.2. The van der Waals surface area contributed by atoms with Crippen LogP contribution in [0.1, 0.15) is 48.7 Å². The Kier molecular flexibility index (Phi) is 6.65. The minimum absolute atomic E-state index is 0.0631. The molecule has 0 saturated carbocycles. The van der Waals surface area contributed by atoms with Crippen LogP contribution in [0, 0.1) is 5.92 Å². The number of likely N-dealkylation sites (N-methyl/N-ethyl adjacent to an activating group) is 2. The van der Waals surface area contributed by atoms with Crippen molar-refractivity contribution >= 4 is 8.45 Å². The van der Waals surface area contributed by atoms with Crippen molar-refractivity contribution in [2.75, 3.05) is 14.1 Å². The Morgan fingerprint density at radius 2 is 1.07 bits per heavy atom. The molecule has 0 aromatic heterocycles. The molecule has 1 heterocycles. The molecule has 4 rings (SSSR count). The van der Waals surface area contributed by atoms with Gasteiger partial charge in [0.15, 0.2) is 8.45 Å². The van der Waals surface area contributed by atoms with Gasteiger partial charge in [-0.1, -0.05) is 105 Å². The summed E-state index contributed by atoms with van der Waals surface area (Å²) >= 11 is 0. The summed E-state index contributed by atoms with van der Waals surface area (Å²) in [6.07, 6.45) is 0.0631. The maximum Gasteiger partial charge on any atom is 0.189 e. The molecular weight excluding hydrogens is 387 g/mol. The van der Waals surface area contributed by atoms with Crippen molar-refractivity contribution in [1.82, 2.24) is 9.34 Å². The smallest absolute Gasteiger partial charge is 0.189 e. The topological polar surface area (TPSA) is 15.7 Å². The fraction of sp³-hybridized carbons (Fsp3) is 0.308. The van der Waals surface area contributed by atoms with Crippen LogP contribution in [-0.4, -0.2) is 23.4 Å². The van der Waals surface area contributed by atoms with Crippen LogP contribution in [0.5, 0.6) is 0 Å². The Morgan fingerprint density at radius 3 is 1.47 bits per heavy atom. The molecule has 1 saturated heterocycles. The molecule has 1 aliphatic heterocycles. The van der Waals surface area contributed by atoms with Gasteiger partial charge in [0.05, 0.1) is 18.2 Å². The minimum atomic E-state index is -0.922. The normalized spacial score (nSPS) is 21.9. The minimum Gasteiger partial charge on any atom is -0.323 e. The molecule has 0 bridgehead atoms. The van der Waals surface area contributed by atoms with Gasteiger partial charge in [-0.2, -0.15) is 0 Å². The van der Waals surface area contributed by atoms with Crippen LogP contribution < -0.4 is 0 Å². The lowest BCUT2D eigenvalue weighted by Gasteiger charge is -2.32. The van der Waals surface area contributed by atoms with Crippen molar-refractivity contribution in [2.45, 2.75) is 32.0 Å². The fourth-order valence-electron chi connectivity index (χ4n) is 4.40. The summed E-state index contributed by atoms with van der Waals surface area (Å²) in [4.78, 5) is 0. The molecule has 0 amide bonds. The third kappa shape index (κ3) is 4.22. The molecule has 3 nitrogen and oxygen atoms in total. The summed E-state index contributed by atoms with van der Waals surface area (Å²) in [5, 5.41) is 0. The van der Waals surface area contributed by atoms with E-state index in [9.17, 15) is 0 Å². The average molecular weight is 419 g/mol. The monoisotopic (exact) mass is 418 g/mol. The van der Waals surface area contributed by atoms with Crippen LogP contribution in [0.4, 0.5) is 0 Å². The van der Waals surface area contributed by atoms with Crippen molar-refractivity contribution in [2.24, 2.45) is 5.92 Å². The van der Waals surface area contributed by atoms with Gasteiger partial charge in [0.1, 0.15) is 0 Å². The highest BCUT2D eigenvalue weighted by molar-refractivity contribution is 7.47. The Bertz CT molecular complexity index is 868. The first-order valence-electron chi connectivity index (χ1n) is 10.6. The maximum atomic E-state index is 6.90. The highest BCUT2D eigenvalue weighted by Crippen LogP contribution is 2.64. The van der Waals surface area contributed by atoms with Gasteiger partial charge < -0.3 is 4.52 Å². The summed E-state index contributed by atoms with van der Waals surface area (Å²) in [5.41, 5.74) is 3.90. The zero-order valence-corrected chi connectivity index (χ0v) is 19.1. The average Bonchev–Trinajstić information content (AvgIpc) is 3.03. The molecule has 0 unspecified atom stereocenters. The number of rotatable bonds is 6. The van der Waals surface area contributed by atoms with E-state index in [1.54, 1.807) is 0 Å². The molecule has 4 heteroatoms. The van der Waals surface area contributed by atoms with Gasteiger partial charge in [-0.3, -0.25) is 0 Å². The quantitative estimate of drug-likeness (QED) is 0.401. The Morgan fingerprint density at radius 1 is 0.667 bits per heavy atom. The van der Waals surface area contributed by atoms with E-state index in [0.29, 0.717) is 5.92 Å². The van der Waals surface area contributed by atoms with E-state index in [1.165, 1.54) is 16.7 Å². The molecule has 1 fully saturated rings. The SMILES string of the molecule is CC(C)[C@@H](OP1N(C)[C@H](c2ccccc2)[C@@H](c2ccccc2)N1C)c1ccccc1. The predicted octanol–water partition coefficient (Wildman–Crippen LogP) is 6.99. The van der Waals surface area contributed by atoms with E-state index < -0.39 is 8.45 Å². The molecule has 0 spiro atoms. The molecule has 0 radical (unpaired) electrons. The highest BCUT2D eigenvalue weighted by atomic mass is 31.2. The first kappa shape index (κ1) is 21.2. The van der Waals surface area contributed by atoms with Crippen molar-refractivity contribution in [3.63, 3.8) is 0 Å². The third-order valence-corrected chi connectivity index (χ3v) is 7.86. The molecule has 0 N–H and O–H groups in total. The standard InChI is InChI=1S/C26H31N2OP/c1-20(2)26(23-18-12-7-13-19-23)29-30-27(3)24(21-14-8-5-9-15-21)25(28(30)4)22-16-10-6-11-17-22/h5-20,24-26H,1-4H3/t24-,25-,26-/m1/s1. The Balaban J connectivity index is 1.70. The third-order valence-electron chi connectivity index (χ3n) is 5.87. The molecule has 0 aliphatic carbocycles. The van der Waals surface area contributed by atoms with Crippen molar-refractivity contribution in [3.8, 4) is 0 Å². The Hall–Kier alpha value is -2.03. The molecule has 156 valence electrons. The predicted molar refractivity (Wildman–Crippen MR) is 126 cm³/mol. The van der Waals surface area contributed by atoms with Crippen molar-refractivity contribution in [1.29, 1.82) is 0 Å². The van der Waals surface area contributed by atoms with Crippen molar-refractivity contribution in [3.05, 3.63) is 108 Å². The molecule has 3 aromatic carbocycles. The lowest BCUT2D eigenvalue weighted by Crippen LogP contribution is -2.20. The van der Waals surface area contributed by atoms with Crippen molar-refractivity contribution < 1.29 is 4.52 Å². The van der Waals surface area contributed by atoms with Crippen LogP contribution in [0.15, 0.2) is 91.0 Å². The zero-order chi connectivity index (χ0) is 21.1. The van der Waals surface area contributed by atoms with E-state index in [0.717, 1.165) is 0 Å². The van der Waals surface area contributed by atoms with Crippen LogP contribution in [-0.2, 0) is 4.52 Å². The first-order chi connectivity index (χ1) is 14.6. The first-order valence-corrected chi connectivity index (χ1v) is 11.8.